The van der Waals surface area contributed by atoms with E-state index in [9.17, 15) is 4.79 Å². The first-order chi connectivity index (χ1) is 12.3. The molecule has 7 heteroatoms. The summed E-state index contributed by atoms with van der Waals surface area (Å²) < 4.78 is 5.25. The number of aromatic nitrogens is 2. The van der Waals surface area contributed by atoms with Crippen LogP contribution in [-0.4, -0.2) is 61.1 Å². The van der Waals surface area contributed by atoms with Crippen molar-refractivity contribution in [2.75, 3.05) is 50.1 Å². The summed E-state index contributed by atoms with van der Waals surface area (Å²) in [5.41, 5.74) is 1.21. The van der Waals surface area contributed by atoms with Crippen LogP contribution in [0.3, 0.4) is 0 Å². The molecular weight excluding hydrogens is 318 g/mol. The number of ether oxygens (including phenoxy) is 1. The Morgan fingerprint density at radius 3 is 2.80 bits per heavy atom. The minimum absolute atomic E-state index is 0.728. The third kappa shape index (κ3) is 4.59. The first kappa shape index (κ1) is 17.0. The van der Waals surface area contributed by atoms with Gasteiger partial charge in [0.2, 0.25) is 6.41 Å². The molecule has 0 saturated carbocycles. The van der Waals surface area contributed by atoms with Crippen molar-refractivity contribution < 1.29 is 9.53 Å². The number of rotatable bonds is 7. The predicted molar refractivity (Wildman–Crippen MR) is 97.1 cm³/mol. The molecule has 1 aliphatic heterocycles. The van der Waals surface area contributed by atoms with Crippen molar-refractivity contribution in [3.63, 3.8) is 0 Å². The van der Waals surface area contributed by atoms with E-state index in [2.05, 4.69) is 26.3 Å². The summed E-state index contributed by atoms with van der Waals surface area (Å²) in [7, 11) is 1.68. The fraction of sp³-hybridized carbons (Fsp3) is 0.389. The van der Waals surface area contributed by atoms with Crippen LogP contribution in [0.5, 0.6) is 5.75 Å². The van der Waals surface area contributed by atoms with Crippen molar-refractivity contribution in [3.05, 3.63) is 42.2 Å². The number of benzene rings is 1. The number of carbonyl (C=O) groups excluding carboxylic acids is 1. The molecule has 0 spiro atoms. The number of nitrogens with one attached hydrogen (secondary N) is 1. The van der Waals surface area contributed by atoms with Crippen LogP contribution >= 0.6 is 0 Å². The van der Waals surface area contributed by atoms with E-state index in [4.69, 9.17) is 4.74 Å². The van der Waals surface area contributed by atoms with Crippen LogP contribution in [-0.2, 0) is 11.2 Å². The van der Waals surface area contributed by atoms with Gasteiger partial charge in [0, 0.05) is 38.8 Å². The van der Waals surface area contributed by atoms with Crippen LogP contribution < -0.4 is 15.0 Å². The molecule has 1 N–H and O–H groups in total. The zero-order chi connectivity index (χ0) is 17.5. The molecule has 1 amide bonds. The van der Waals surface area contributed by atoms with Crippen molar-refractivity contribution in [3.8, 4) is 5.75 Å². The highest BCUT2D eigenvalue weighted by Gasteiger charge is 2.17. The van der Waals surface area contributed by atoms with E-state index in [1.165, 1.54) is 5.56 Å². The first-order valence-corrected chi connectivity index (χ1v) is 8.41. The zero-order valence-corrected chi connectivity index (χ0v) is 14.4. The fourth-order valence-electron chi connectivity index (χ4n) is 2.84. The number of methoxy groups -OCH3 is 1. The standard InChI is InChI=1S/C18H23N5O2/c1-25-16-4-2-3-15(11-16)5-6-19-17-12-18(21-13-20-17)23-9-7-22(14-24)8-10-23/h2-4,11-14H,5-10H2,1H3,(H,19,20,21). The molecule has 3 rings (SSSR count). The molecule has 0 unspecified atom stereocenters. The average Bonchev–Trinajstić information content (AvgIpc) is 2.68. The minimum Gasteiger partial charge on any atom is -0.497 e. The number of piperazine rings is 1. The van der Waals surface area contributed by atoms with Crippen LogP contribution in [0.2, 0.25) is 0 Å². The second-order valence-electron chi connectivity index (χ2n) is 5.92. The van der Waals surface area contributed by atoms with Crippen molar-refractivity contribution in [1.29, 1.82) is 0 Å². The summed E-state index contributed by atoms with van der Waals surface area (Å²) in [4.78, 5) is 23.4. The van der Waals surface area contributed by atoms with Crippen LogP contribution in [0.25, 0.3) is 0 Å². The Kier molecular flexibility index (Phi) is 5.66. The van der Waals surface area contributed by atoms with Gasteiger partial charge < -0.3 is 19.9 Å². The van der Waals surface area contributed by atoms with Crippen molar-refractivity contribution in [1.82, 2.24) is 14.9 Å². The molecule has 1 aliphatic rings. The maximum Gasteiger partial charge on any atom is 0.209 e. The Morgan fingerprint density at radius 2 is 2.04 bits per heavy atom. The number of hydrogen-bond acceptors (Lipinski definition) is 6. The van der Waals surface area contributed by atoms with E-state index in [0.717, 1.165) is 62.9 Å². The Hall–Kier alpha value is -2.83. The minimum atomic E-state index is 0.728. The number of carbonyl (C=O) groups is 1. The van der Waals surface area contributed by atoms with Gasteiger partial charge in [0.05, 0.1) is 7.11 Å². The van der Waals surface area contributed by atoms with E-state index in [1.54, 1.807) is 18.3 Å². The smallest absolute Gasteiger partial charge is 0.209 e. The molecule has 2 heterocycles. The maximum atomic E-state index is 10.8. The molecule has 0 atom stereocenters. The highest BCUT2D eigenvalue weighted by Crippen LogP contribution is 2.16. The van der Waals surface area contributed by atoms with Gasteiger partial charge in [-0.05, 0) is 24.1 Å². The van der Waals surface area contributed by atoms with Crippen molar-refractivity contribution in [2.24, 2.45) is 0 Å². The lowest BCUT2D eigenvalue weighted by atomic mass is 10.1. The number of anilines is 2. The van der Waals surface area contributed by atoms with Crippen LogP contribution in [0.4, 0.5) is 11.6 Å². The lowest BCUT2D eigenvalue weighted by molar-refractivity contribution is -0.118. The molecule has 1 saturated heterocycles. The topological polar surface area (TPSA) is 70.6 Å². The van der Waals surface area contributed by atoms with Gasteiger partial charge in [0.15, 0.2) is 0 Å². The second-order valence-corrected chi connectivity index (χ2v) is 5.92. The summed E-state index contributed by atoms with van der Waals surface area (Å²) in [5.74, 6) is 2.58. The van der Waals surface area contributed by atoms with Gasteiger partial charge in [0.1, 0.15) is 23.7 Å². The van der Waals surface area contributed by atoms with E-state index >= 15 is 0 Å². The fourth-order valence-corrected chi connectivity index (χ4v) is 2.84. The largest absolute Gasteiger partial charge is 0.497 e. The van der Waals surface area contributed by atoms with Gasteiger partial charge in [-0.25, -0.2) is 9.97 Å². The van der Waals surface area contributed by atoms with E-state index in [0.29, 0.717) is 0 Å². The Morgan fingerprint density at radius 1 is 1.20 bits per heavy atom. The third-order valence-corrected chi connectivity index (χ3v) is 4.29. The van der Waals surface area contributed by atoms with Crippen molar-refractivity contribution >= 4 is 18.0 Å². The normalized spacial score (nSPS) is 14.3. The van der Waals surface area contributed by atoms with Gasteiger partial charge in [-0.15, -0.1) is 0 Å². The quantitative estimate of drug-likeness (QED) is 0.768. The van der Waals surface area contributed by atoms with Crippen LogP contribution in [0, 0.1) is 0 Å². The molecule has 1 fully saturated rings. The molecule has 132 valence electrons. The molecule has 2 aromatic rings. The number of amides is 1. The summed E-state index contributed by atoms with van der Waals surface area (Å²) in [6, 6.07) is 10.0. The molecule has 25 heavy (non-hydrogen) atoms. The highest BCUT2D eigenvalue weighted by molar-refractivity contribution is 5.51. The highest BCUT2D eigenvalue weighted by atomic mass is 16.5. The van der Waals surface area contributed by atoms with Gasteiger partial charge >= 0.3 is 0 Å². The van der Waals surface area contributed by atoms with E-state index in [1.807, 2.05) is 24.3 Å². The summed E-state index contributed by atoms with van der Waals surface area (Å²) in [5, 5.41) is 3.34. The van der Waals surface area contributed by atoms with Crippen LogP contribution in [0.15, 0.2) is 36.7 Å². The molecule has 1 aromatic heterocycles. The Balaban J connectivity index is 1.54. The van der Waals surface area contributed by atoms with Gasteiger partial charge in [-0.3, -0.25) is 4.79 Å². The van der Waals surface area contributed by atoms with Gasteiger partial charge in [0.25, 0.3) is 0 Å². The first-order valence-electron chi connectivity index (χ1n) is 8.41. The van der Waals surface area contributed by atoms with E-state index in [-0.39, 0.29) is 0 Å². The SMILES string of the molecule is COc1cccc(CCNc2cc(N3CCN(C=O)CC3)ncn2)c1. The lowest BCUT2D eigenvalue weighted by Crippen LogP contribution is -2.46. The Labute approximate surface area is 147 Å². The molecular formula is C18H23N5O2. The summed E-state index contributed by atoms with van der Waals surface area (Å²) in [6.45, 7) is 3.82. The predicted octanol–water partition coefficient (Wildman–Crippen LogP) is 1.42. The van der Waals surface area contributed by atoms with E-state index < -0.39 is 0 Å². The lowest BCUT2D eigenvalue weighted by Gasteiger charge is -2.33. The van der Waals surface area contributed by atoms with Gasteiger partial charge in [-0.1, -0.05) is 12.1 Å². The molecule has 1 aromatic carbocycles. The third-order valence-electron chi connectivity index (χ3n) is 4.29. The monoisotopic (exact) mass is 341 g/mol. The zero-order valence-electron chi connectivity index (χ0n) is 14.4. The summed E-state index contributed by atoms with van der Waals surface area (Å²) in [6.07, 6.45) is 3.37. The second kappa shape index (κ2) is 8.32. The van der Waals surface area contributed by atoms with Gasteiger partial charge in [-0.2, -0.15) is 0 Å². The molecule has 7 nitrogen and oxygen atoms in total. The molecule has 0 radical (unpaired) electrons. The maximum absolute atomic E-state index is 10.8. The molecule has 0 aliphatic carbocycles. The average molecular weight is 341 g/mol. The molecule has 0 bridgehead atoms. The van der Waals surface area contributed by atoms with Crippen LogP contribution in [0.1, 0.15) is 5.56 Å². The summed E-state index contributed by atoms with van der Waals surface area (Å²) >= 11 is 0. The van der Waals surface area contributed by atoms with Crippen molar-refractivity contribution in [2.45, 2.75) is 6.42 Å². The number of hydrogen-bond donors (Lipinski definition) is 1. The Bertz CT molecular complexity index is 701. The number of nitrogens with zero attached hydrogens (tertiary/aromatic N) is 4.